The molecule has 0 unspecified atom stereocenters. The summed E-state index contributed by atoms with van der Waals surface area (Å²) in [5, 5.41) is 3.90. The number of rotatable bonds is 5. The highest BCUT2D eigenvalue weighted by Gasteiger charge is 2.20. The van der Waals surface area contributed by atoms with E-state index in [1.165, 1.54) is 30.5 Å². The molecule has 0 atom stereocenters. The maximum absolute atomic E-state index is 13.2. The summed E-state index contributed by atoms with van der Waals surface area (Å²) in [4.78, 5) is 24.4. The van der Waals surface area contributed by atoms with Crippen LogP contribution in [0.5, 0.6) is 0 Å². The van der Waals surface area contributed by atoms with Crippen LogP contribution in [-0.4, -0.2) is 29.1 Å². The van der Waals surface area contributed by atoms with Crippen molar-refractivity contribution in [2.45, 2.75) is 13.8 Å². The lowest BCUT2D eigenvalue weighted by Gasteiger charge is -2.04. The number of nitrogens with one attached hydrogen (secondary N) is 1. The number of benzene rings is 1. The first kappa shape index (κ1) is 18.3. The van der Waals surface area contributed by atoms with E-state index in [9.17, 15) is 14.0 Å². The number of amides is 1. The van der Waals surface area contributed by atoms with Gasteiger partial charge in [0.25, 0.3) is 0 Å². The van der Waals surface area contributed by atoms with Gasteiger partial charge in [-0.3, -0.25) is 4.79 Å². The summed E-state index contributed by atoms with van der Waals surface area (Å²) >= 11 is 0. The summed E-state index contributed by atoms with van der Waals surface area (Å²) in [6, 6.07) is 10.9. The average molecular weight is 367 g/mol. The Bertz CT molecular complexity index is 1020. The normalized spacial score (nSPS) is 11.1. The predicted molar refractivity (Wildman–Crippen MR) is 99.7 cm³/mol. The molecule has 6 nitrogen and oxygen atoms in total. The number of hydrazone groups is 1. The average Bonchev–Trinajstić information content (AvgIpc) is 2.94. The number of carbonyl (C=O) groups is 2. The van der Waals surface area contributed by atoms with Crippen LogP contribution in [0.25, 0.3) is 5.52 Å². The molecule has 0 aliphatic heterocycles. The number of ether oxygens (including phenoxy) is 1. The zero-order valence-electron chi connectivity index (χ0n) is 14.9. The third-order valence-corrected chi connectivity index (χ3v) is 4.08. The molecule has 0 bridgehead atoms. The van der Waals surface area contributed by atoms with Crippen LogP contribution in [0.1, 0.15) is 34.1 Å². The van der Waals surface area contributed by atoms with E-state index in [-0.39, 0.29) is 12.4 Å². The highest BCUT2D eigenvalue weighted by molar-refractivity contribution is 6.11. The van der Waals surface area contributed by atoms with Crippen molar-refractivity contribution in [1.82, 2.24) is 9.83 Å². The van der Waals surface area contributed by atoms with E-state index < -0.39 is 11.9 Å². The van der Waals surface area contributed by atoms with Gasteiger partial charge in [0.15, 0.2) is 0 Å². The maximum Gasteiger partial charge on any atom is 0.427 e. The number of carbonyl (C=O) groups excluding carboxylic acids is 2. The van der Waals surface area contributed by atoms with Crippen LogP contribution < -0.4 is 5.43 Å². The minimum absolute atomic E-state index is 0.230. The second kappa shape index (κ2) is 7.82. The molecular weight excluding hydrogens is 349 g/mol. The zero-order chi connectivity index (χ0) is 19.4. The lowest BCUT2D eigenvalue weighted by molar-refractivity contribution is 0.103. The van der Waals surface area contributed by atoms with Gasteiger partial charge in [-0.15, -0.1) is 0 Å². The Morgan fingerprint density at radius 3 is 2.67 bits per heavy atom. The number of aromatic nitrogens is 1. The van der Waals surface area contributed by atoms with Crippen LogP contribution >= 0.6 is 0 Å². The summed E-state index contributed by atoms with van der Waals surface area (Å²) in [5.74, 6) is -0.632. The van der Waals surface area contributed by atoms with Gasteiger partial charge in [-0.05, 0) is 55.8 Å². The van der Waals surface area contributed by atoms with Crippen LogP contribution in [0.2, 0.25) is 0 Å². The Labute approximate surface area is 155 Å². The van der Waals surface area contributed by atoms with Crippen LogP contribution in [0, 0.1) is 12.7 Å². The van der Waals surface area contributed by atoms with E-state index in [0.29, 0.717) is 22.4 Å². The Morgan fingerprint density at radius 2 is 1.96 bits per heavy atom. The molecule has 0 aliphatic carbocycles. The van der Waals surface area contributed by atoms with Gasteiger partial charge in [0.1, 0.15) is 5.82 Å². The van der Waals surface area contributed by atoms with E-state index in [1.807, 2.05) is 18.2 Å². The molecule has 7 heteroatoms. The number of nitrogens with zero attached hydrogens (tertiary/aromatic N) is 2. The van der Waals surface area contributed by atoms with E-state index in [1.54, 1.807) is 24.4 Å². The highest BCUT2D eigenvalue weighted by Crippen LogP contribution is 2.24. The summed E-state index contributed by atoms with van der Waals surface area (Å²) in [6.45, 7) is 3.74. The van der Waals surface area contributed by atoms with Gasteiger partial charge >= 0.3 is 6.09 Å². The quantitative estimate of drug-likeness (QED) is 0.425. The second-order valence-corrected chi connectivity index (χ2v) is 5.77. The fraction of sp³-hybridized carbons (Fsp3) is 0.150. The van der Waals surface area contributed by atoms with Gasteiger partial charge in [-0.1, -0.05) is 6.07 Å². The largest absolute Gasteiger partial charge is 0.449 e. The fourth-order valence-electron chi connectivity index (χ4n) is 2.85. The number of halogens is 1. The maximum atomic E-state index is 13.2. The van der Waals surface area contributed by atoms with Crippen molar-refractivity contribution in [3.8, 4) is 0 Å². The van der Waals surface area contributed by atoms with Crippen molar-refractivity contribution in [2.75, 3.05) is 6.61 Å². The van der Waals surface area contributed by atoms with Crippen LogP contribution in [0.3, 0.4) is 0 Å². The van der Waals surface area contributed by atoms with Gasteiger partial charge < -0.3 is 9.14 Å². The van der Waals surface area contributed by atoms with E-state index in [0.717, 1.165) is 5.52 Å². The summed E-state index contributed by atoms with van der Waals surface area (Å²) in [6.07, 6.45) is 2.59. The molecule has 138 valence electrons. The van der Waals surface area contributed by atoms with Crippen molar-refractivity contribution >= 4 is 23.6 Å². The third kappa shape index (κ3) is 3.72. The number of pyridine rings is 1. The van der Waals surface area contributed by atoms with Gasteiger partial charge in [-0.2, -0.15) is 5.10 Å². The number of fused-ring (bicyclic) bond motifs is 1. The molecule has 0 aliphatic rings. The molecule has 2 heterocycles. The molecule has 0 spiro atoms. The standard InChI is InChI=1S/C20H18FN3O3/c1-3-27-20(26)23-22-12-16-13(2)18(24-11-5-4-6-17(16)24)19(25)14-7-9-15(21)10-8-14/h4-12H,3H2,1-2H3,(H,23,26)/b22-12+. The van der Waals surface area contributed by atoms with Crippen LogP contribution in [-0.2, 0) is 4.74 Å². The Balaban J connectivity index is 2.03. The van der Waals surface area contributed by atoms with Gasteiger partial charge in [0.2, 0.25) is 5.78 Å². The lowest BCUT2D eigenvalue weighted by Crippen LogP contribution is -2.18. The molecule has 27 heavy (non-hydrogen) atoms. The minimum atomic E-state index is -0.655. The smallest absolute Gasteiger partial charge is 0.427 e. The summed E-state index contributed by atoms with van der Waals surface area (Å²) < 4.78 is 19.7. The highest BCUT2D eigenvalue weighted by atomic mass is 19.1. The topological polar surface area (TPSA) is 72.2 Å². The minimum Gasteiger partial charge on any atom is -0.449 e. The van der Waals surface area contributed by atoms with Gasteiger partial charge in [0.05, 0.1) is 24.0 Å². The SMILES string of the molecule is CCOC(=O)N/N=C/c1c(C)c(C(=O)c2ccc(F)cc2)n2ccccc12. The molecule has 1 amide bonds. The second-order valence-electron chi connectivity index (χ2n) is 5.77. The molecule has 1 aromatic carbocycles. The van der Waals surface area contributed by atoms with E-state index in [4.69, 9.17) is 4.74 Å². The summed E-state index contributed by atoms with van der Waals surface area (Å²) in [7, 11) is 0. The monoisotopic (exact) mass is 367 g/mol. The van der Waals surface area contributed by atoms with E-state index in [2.05, 4.69) is 10.5 Å². The van der Waals surface area contributed by atoms with Crippen molar-refractivity contribution < 1.29 is 18.7 Å². The van der Waals surface area contributed by atoms with Crippen molar-refractivity contribution in [3.63, 3.8) is 0 Å². The molecular formula is C20H18FN3O3. The first-order valence-corrected chi connectivity index (χ1v) is 8.38. The Morgan fingerprint density at radius 1 is 1.22 bits per heavy atom. The third-order valence-electron chi connectivity index (χ3n) is 4.08. The Hall–Kier alpha value is -3.48. The Kier molecular flexibility index (Phi) is 5.30. The predicted octanol–water partition coefficient (Wildman–Crippen LogP) is 3.70. The first-order valence-electron chi connectivity index (χ1n) is 8.38. The number of hydrogen-bond donors (Lipinski definition) is 1. The molecule has 0 saturated carbocycles. The van der Waals surface area contributed by atoms with E-state index >= 15 is 0 Å². The lowest BCUT2D eigenvalue weighted by atomic mass is 10.0. The molecule has 2 aromatic heterocycles. The molecule has 0 saturated heterocycles. The van der Waals surface area contributed by atoms with Crippen molar-refractivity contribution in [2.24, 2.45) is 5.10 Å². The number of hydrogen-bond acceptors (Lipinski definition) is 4. The van der Waals surface area contributed by atoms with Crippen molar-refractivity contribution in [3.05, 3.63) is 76.9 Å². The van der Waals surface area contributed by atoms with Gasteiger partial charge in [0, 0.05) is 17.3 Å². The molecule has 0 radical (unpaired) electrons. The van der Waals surface area contributed by atoms with Crippen LogP contribution in [0.15, 0.2) is 53.8 Å². The molecule has 0 fully saturated rings. The van der Waals surface area contributed by atoms with Crippen molar-refractivity contribution in [1.29, 1.82) is 0 Å². The molecule has 3 aromatic rings. The number of ketones is 1. The zero-order valence-corrected chi connectivity index (χ0v) is 14.9. The molecule has 3 rings (SSSR count). The first-order chi connectivity index (χ1) is 13.0. The van der Waals surface area contributed by atoms with Crippen LogP contribution in [0.4, 0.5) is 9.18 Å². The molecule has 1 N–H and O–H groups in total. The fourth-order valence-corrected chi connectivity index (χ4v) is 2.85. The summed E-state index contributed by atoms with van der Waals surface area (Å²) in [5.41, 5.74) is 5.26. The van der Waals surface area contributed by atoms with Gasteiger partial charge in [-0.25, -0.2) is 14.6 Å².